The first-order valence-electron chi connectivity index (χ1n) is 20.1. The van der Waals surface area contributed by atoms with E-state index in [1.165, 1.54) is 21.3 Å². The maximum atomic E-state index is 6.89. The zero-order valence-electron chi connectivity index (χ0n) is 37.4. The summed E-state index contributed by atoms with van der Waals surface area (Å²) in [5, 5.41) is 0. The minimum absolute atomic E-state index is 0.0664. The van der Waals surface area contributed by atoms with E-state index in [0.717, 1.165) is 0 Å². The monoisotopic (exact) mass is 874 g/mol. The van der Waals surface area contributed by atoms with Crippen molar-refractivity contribution in [3.63, 3.8) is 0 Å². The fraction of sp³-hybridized carbons (Fsp3) is 1.00. The molecule has 0 N–H and O–H groups in total. The molecule has 0 aromatic rings. The van der Waals surface area contributed by atoms with Crippen LogP contribution in [0.5, 0.6) is 0 Å². The Labute approximate surface area is 353 Å². The second-order valence-electron chi connectivity index (χ2n) is 15.2. The number of methoxy groups -OCH3 is 12. The van der Waals surface area contributed by atoms with E-state index in [9.17, 15) is 0 Å². The standard InChI is InChI=1S/C39H70O21/c1-19-23(43-6)27(45-8)30(47-10)36(55-19)58-26-22(42-5)16-53-35(29(26)46-9)57-24-20(2)56-37(60-32-25(44-7)21(41-4)15-52-34(32)50-13)31(48-11)28(24)59-38-33(49-12)39(51-14,17-40-3)18-54-38/h19-38H,15-18H2,1-14H3/t19-,20-,21-,22+,23-,24-,25-,26-,27+,28+,29+,30+,31+,32+,33-,34-,35-,36-,37-,38-,39+/m0/s1. The van der Waals surface area contributed by atoms with Gasteiger partial charge in [0.05, 0.1) is 38.6 Å². The van der Waals surface area contributed by atoms with Crippen molar-refractivity contribution in [1.29, 1.82) is 0 Å². The highest BCUT2D eigenvalue weighted by Crippen LogP contribution is 2.39. The Bertz CT molecular complexity index is 1240. The SMILES string of the molecule is COC[C@@]1(OC)CO[C@@H](O[C@@H]2[C@@H](O[C@@H]3OC[C@@H](OC)[C@H](O[C@@H]4O[C@@H](C)[C@H](OC)[C@@H](OC)[C@H]4OC)[C@H]3OC)[C@H](C)O[C@@H](O[C@H]3[C@@H](OC)OC[C@H](OC)[C@@H]3OC)[C@@H]2OC)[C@@H]1OC. The molecule has 0 spiro atoms. The van der Waals surface area contributed by atoms with Crippen LogP contribution in [-0.4, -0.2) is 240 Å². The van der Waals surface area contributed by atoms with Crippen LogP contribution >= 0.6 is 0 Å². The summed E-state index contributed by atoms with van der Waals surface area (Å²) in [6.45, 7) is 4.27. The Morgan fingerprint density at radius 2 is 0.883 bits per heavy atom. The first-order chi connectivity index (χ1) is 29.0. The molecule has 0 saturated carbocycles. The van der Waals surface area contributed by atoms with Crippen LogP contribution in [-0.2, 0) is 99.5 Å². The number of rotatable bonds is 21. The Hall–Kier alpha value is -0.840. The van der Waals surface area contributed by atoms with Gasteiger partial charge in [-0.05, 0) is 13.8 Å². The Kier molecular flexibility index (Phi) is 19.5. The van der Waals surface area contributed by atoms with Gasteiger partial charge in [0, 0.05) is 85.3 Å². The lowest BCUT2D eigenvalue weighted by Gasteiger charge is -2.50. The summed E-state index contributed by atoms with van der Waals surface area (Å²) in [5.41, 5.74) is -0.983. The third-order valence-corrected chi connectivity index (χ3v) is 12.2. The van der Waals surface area contributed by atoms with Crippen molar-refractivity contribution in [3.05, 3.63) is 0 Å². The molecule has 5 aliphatic heterocycles. The Balaban J connectivity index is 1.46. The molecule has 60 heavy (non-hydrogen) atoms. The van der Waals surface area contributed by atoms with Crippen LogP contribution in [0.15, 0.2) is 0 Å². The smallest absolute Gasteiger partial charge is 0.187 e. The van der Waals surface area contributed by atoms with Gasteiger partial charge in [-0.25, -0.2) is 0 Å². The highest BCUT2D eigenvalue weighted by Gasteiger charge is 2.58. The molecule has 5 fully saturated rings. The van der Waals surface area contributed by atoms with E-state index >= 15 is 0 Å². The van der Waals surface area contributed by atoms with Crippen LogP contribution in [0.3, 0.4) is 0 Å². The topological polar surface area (TPSA) is 194 Å². The van der Waals surface area contributed by atoms with E-state index in [-0.39, 0.29) is 26.4 Å². The van der Waals surface area contributed by atoms with Crippen molar-refractivity contribution in [3.8, 4) is 0 Å². The molecule has 5 aliphatic rings. The van der Waals surface area contributed by atoms with Gasteiger partial charge in [0.25, 0.3) is 0 Å². The van der Waals surface area contributed by atoms with Gasteiger partial charge in [-0.2, -0.15) is 0 Å². The number of ether oxygens (including phenoxy) is 21. The van der Waals surface area contributed by atoms with E-state index in [2.05, 4.69) is 0 Å². The second-order valence-corrected chi connectivity index (χ2v) is 15.2. The van der Waals surface area contributed by atoms with Crippen molar-refractivity contribution >= 4 is 0 Å². The molecule has 21 atom stereocenters. The molecule has 21 heteroatoms. The molecule has 352 valence electrons. The summed E-state index contributed by atoms with van der Waals surface area (Å²) in [6, 6.07) is 0. The molecule has 0 bridgehead atoms. The molecular weight excluding hydrogens is 804 g/mol. The molecule has 0 radical (unpaired) electrons. The predicted octanol–water partition coefficient (Wildman–Crippen LogP) is -0.101. The third kappa shape index (κ3) is 10.3. The van der Waals surface area contributed by atoms with Crippen LogP contribution in [0.2, 0.25) is 0 Å². The van der Waals surface area contributed by atoms with Gasteiger partial charge in [-0.1, -0.05) is 0 Å². The lowest BCUT2D eigenvalue weighted by atomic mass is 9.96. The average Bonchev–Trinajstić information content (AvgIpc) is 3.60. The molecule has 5 heterocycles. The Morgan fingerprint density at radius 1 is 0.400 bits per heavy atom. The van der Waals surface area contributed by atoms with Crippen LogP contribution < -0.4 is 0 Å². The highest BCUT2D eigenvalue weighted by atomic mass is 16.8. The van der Waals surface area contributed by atoms with Gasteiger partial charge in [0.15, 0.2) is 31.5 Å². The lowest BCUT2D eigenvalue weighted by molar-refractivity contribution is -0.391. The molecule has 0 aromatic heterocycles. The molecular formula is C39H70O21. The third-order valence-electron chi connectivity index (χ3n) is 12.2. The van der Waals surface area contributed by atoms with Crippen molar-refractivity contribution in [1.82, 2.24) is 0 Å². The minimum Gasteiger partial charge on any atom is -0.381 e. The average molecular weight is 875 g/mol. The van der Waals surface area contributed by atoms with Crippen molar-refractivity contribution in [2.75, 3.05) is 112 Å². The highest BCUT2D eigenvalue weighted by molar-refractivity contribution is 5.01. The van der Waals surface area contributed by atoms with Crippen molar-refractivity contribution in [2.45, 2.75) is 142 Å². The van der Waals surface area contributed by atoms with Gasteiger partial charge < -0.3 is 99.5 Å². The molecule has 21 nitrogen and oxygen atoms in total. The zero-order valence-corrected chi connectivity index (χ0v) is 37.4. The summed E-state index contributed by atoms with van der Waals surface area (Å²) in [6.07, 6.45) is -15.3. The number of hydrogen-bond acceptors (Lipinski definition) is 21. The molecule has 0 aliphatic carbocycles. The van der Waals surface area contributed by atoms with Gasteiger partial charge in [0.1, 0.15) is 85.0 Å². The molecule has 0 amide bonds. The maximum absolute atomic E-state index is 6.89. The van der Waals surface area contributed by atoms with E-state index in [1.54, 1.807) is 64.0 Å². The van der Waals surface area contributed by atoms with E-state index in [0.29, 0.717) is 0 Å². The van der Waals surface area contributed by atoms with Crippen LogP contribution in [0.25, 0.3) is 0 Å². The first kappa shape index (κ1) is 50.2. The summed E-state index contributed by atoms with van der Waals surface area (Å²) < 4.78 is 129. The van der Waals surface area contributed by atoms with E-state index in [4.69, 9.17) is 99.5 Å². The van der Waals surface area contributed by atoms with Gasteiger partial charge >= 0.3 is 0 Å². The fourth-order valence-electron chi connectivity index (χ4n) is 8.95. The second kappa shape index (κ2) is 23.4. The van der Waals surface area contributed by atoms with E-state index < -0.39 is 129 Å². The minimum atomic E-state index is -1.08. The van der Waals surface area contributed by atoms with Gasteiger partial charge in [0.2, 0.25) is 0 Å². The van der Waals surface area contributed by atoms with E-state index in [1.807, 2.05) is 13.8 Å². The lowest BCUT2D eigenvalue weighted by Crippen LogP contribution is -2.67. The molecule has 0 unspecified atom stereocenters. The summed E-state index contributed by atoms with van der Waals surface area (Å²) in [5.74, 6) is 0. The normalized spacial score (nSPS) is 46.5. The predicted molar refractivity (Wildman–Crippen MR) is 203 cm³/mol. The van der Waals surface area contributed by atoms with Gasteiger partial charge in [-0.15, -0.1) is 0 Å². The molecule has 5 saturated heterocycles. The van der Waals surface area contributed by atoms with Gasteiger partial charge in [-0.3, -0.25) is 0 Å². The summed E-state index contributed by atoms with van der Waals surface area (Å²) in [7, 11) is 18.7. The maximum Gasteiger partial charge on any atom is 0.187 e. The summed E-state index contributed by atoms with van der Waals surface area (Å²) >= 11 is 0. The fourth-order valence-corrected chi connectivity index (χ4v) is 8.95. The number of hydrogen-bond donors (Lipinski definition) is 0. The molecule has 5 rings (SSSR count). The zero-order chi connectivity index (χ0) is 43.7. The van der Waals surface area contributed by atoms with Crippen molar-refractivity contribution in [2.24, 2.45) is 0 Å². The first-order valence-corrected chi connectivity index (χ1v) is 20.1. The Morgan fingerprint density at radius 3 is 1.40 bits per heavy atom. The van der Waals surface area contributed by atoms with Crippen LogP contribution in [0, 0.1) is 0 Å². The largest absolute Gasteiger partial charge is 0.381 e. The molecule has 0 aromatic carbocycles. The van der Waals surface area contributed by atoms with Crippen molar-refractivity contribution < 1.29 is 99.5 Å². The van der Waals surface area contributed by atoms with Crippen LogP contribution in [0.1, 0.15) is 13.8 Å². The van der Waals surface area contributed by atoms with Crippen LogP contribution in [0.4, 0.5) is 0 Å². The quantitative estimate of drug-likeness (QED) is 0.148. The summed E-state index contributed by atoms with van der Waals surface area (Å²) in [4.78, 5) is 0.